The third kappa shape index (κ3) is 4.41. The molecule has 0 aliphatic carbocycles. The van der Waals surface area contributed by atoms with Crippen LogP contribution in [0.3, 0.4) is 0 Å². The highest BCUT2D eigenvalue weighted by atomic mass is 35.5. The lowest BCUT2D eigenvalue weighted by Crippen LogP contribution is -2.34. The Morgan fingerprint density at radius 3 is 2.42 bits per heavy atom. The predicted octanol–water partition coefficient (Wildman–Crippen LogP) is 4.03. The minimum absolute atomic E-state index is 0.0258. The standard InChI is InChI=1S/C18H20Cl2N2O2/c1-22(2)16(12-7-9-13(24-3)10-8-12)11-21-18(23)14-5-4-6-15(19)17(14)20/h4-10,16H,11H2,1-3H3,(H,21,23)/t16-/m0/s1. The van der Waals surface area contributed by atoms with E-state index in [1.54, 1.807) is 25.3 Å². The number of methoxy groups -OCH3 is 1. The van der Waals surface area contributed by atoms with E-state index in [4.69, 9.17) is 27.9 Å². The van der Waals surface area contributed by atoms with Gasteiger partial charge < -0.3 is 15.0 Å². The molecule has 0 radical (unpaired) electrons. The van der Waals surface area contributed by atoms with Crippen molar-refractivity contribution in [2.75, 3.05) is 27.7 Å². The number of ether oxygens (including phenoxy) is 1. The zero-order chi connectivity index (χ0) is 17.7. The number of carbonyl (C=O) groups excluding carboxylic acids is 1. The number of likely N-dealkylation sites (N-methyl/N-ethyl adjacent to an activating group) is 1. The third-order valence-corrected chi connectivity index (χ3v) is 4.60. The van der Waals surface area contributed by atoms with Gasteiger partial charge in [-0.15, -0.1) is 0 Å². The number of hydrogen-bond donors (Lipinski definition) is 1. The number of nitrogens with one attached hydrogen (secondary N) is 1. The van der Waals surface area contributed by atoms with E-state index >= 15 is 0 Å². The highest BCUT2D eigenvalue weighted by Crippen LogP contribution is 2.26. The summed E-state index contributed by atoms with van der Waals surface area (Å²) in [6.07, 6.45) is 0. The molecule has 0 aliphatic heterocycles. The Hall–Kier alpha value is -1.75. The number of hydrogen-bond acceptors (Lipinski definition) is 3. The maximum atomic E-state index is 12.4. The van der Waals surface area contributed by atoms with Gasteiger partial charge in [-0.05, 0) is 43.9 Å². The van der Waals surface area contributed by atoms with Gasteiger partial charge in [-0.25, -0.2) is 0 Å². The van der Waals surface area contributed by atoms with Crippen molar-refractivity contribution < 1.29 is 9.53 Å². The molecule has 24 heavy (non-hydrogen) atoms. The summed E-state index contributed by atoms with van der Waals surface area (Å²) in [4.78, 5) is 14.4. The summed E-state index contributed by atoms with van der Waals surface area (Å²) in [5.41, 5.74) is 1.45. The predicted molar refractivity (Wildman–Crippen MR) is 98.2 cm³/mol. The summed E-state index contributed by atoms with van der Waals surface area (Å²) < 4.78 is 5.18. The average Bonchev–Trinajstić information content (AvgIpc) is 2.57. The Morgan fingerprint density at radius 1 is 1.17 bits per heavy atom. The highest BCUT2D eigenvalue weighted by Gasteiger charge is 2.18. The van der Waals surface area contributed by atoms with Gasteiger partial charge in [-0.1, -0.05) is 41.4 Å². The van der Waals surface area contributed by atoms with Crippen LogP contribution in [0.4, 0.5) is 0 Å². The van der Waals surface area contributed by atoms with E-state index in [9.17, 15) is 4.79 Å². The second kappa shape index (κ2) is 8.38. The number of amides is 1. The van der Waals surface area contributed by atoms with E-state index in [0.29, 0.717) is 17.1 Å². The Kier molecular flexibility index (Phi) is 6.49. The zero-order valence-electron chi connectivity index (χ0n) is 13.8. The first-order valence-corrected chi connectivity index (χ1v) is 8.22. The fourth-order valence-electron chi connectivity index (χ4n) is 2.39. The summed E-state index contributed by atoms with van der Waals surface area (Å²) in [6, 6.07) is 12.8. The molecular weight excluding hydrogens is 347 g/mol. The van der Waals surface area contributed by atoms with Gasteiger partial charge in [0.1, 0.15) is 5.75 Å². The largest absolute Gasteiger partial charge is 0.497 e. The lowest BCUT2D eigenvalue weighted by Gasteiger charge is -2.25. The molecule has 1 amide bonds. The van der Waals surface area contributed by atoms with Gasteiger partial charge in [0.25, 0.3) is 5.91 Å². The van der Waals surface area contributed by atoms with E-state index in [1.165, 1.54) is 0 Å². The van der Waals surface area contributed by atoms with Crippen molar-refractivity contribution in [3.8, 4) is 5.75 Å². The molecule has 0 saturated heterocycles. The summed E-state index contributed by atoms with van der Waals surface area (Å²) in [5.74, 6) is 0.550. The normalized spacial score (nSPS) is 12.1. The first-order chi connectivity index (χ1) is 11.4. The average molecular weight is 367 g/mol. The SMILES string of the molecule is COc1ccc([C@H](CNC(=O)c2cccc(Cl)c2Cl)N(C)C)cc1. The maximum absolute atomic E-state index is 12.4. The first-order valence-electron chi connectivity index (χ1n) is 7.46. The molecule has 0 aromatic heterocycles. The maximum Gasteiger partial charge on any atom is 0.252 e. The Balaban J connectivity index is 2.11. The molecule has 0 aliphatic rings. The van der Waals surface area contributed by atoms with Gasteiger partial charge in [0, 0.05) is 6.54 Å². The van der Waals surface area contributed by atoms with Crippen molar-refractivity contribution in [2.24, 2.45) is 0 Å². The fraction of sp³-hybridized carbons (Fsp3) is 0.278. The van der Waals surface area contributed by atoms with Gasteiger partial charge in [0.2, 0.25) is 0 Å². The number of carbonyl (C=O) groups is 1. The molecule has 6 heteroatoms. The molecule has 2 aromatic carbocycles. The van der Waals surface area contributed by atoms with Crippen LogP contribution in [0.2, 0.25) is 10.0 Å². The topological polar surface area (TPSA) is 41.6 Å². The molecule has 0 unspecified atom stereocenters. The summed E-state index contributed by atoms with van der Waals surface area (Å²) >= 11 is 12.1. The zero-order valence-corrected chi connectivity index (χ0v) is 15.4. The van der Waals surface area contributed by atoms with Crippen LogP contribution in [0, 0.1) is 0 Å². The Morgan fingerprint density at radius 2 is 1.83 bits per heavy atom. The van der Waals surface area contributed by atoms with Crippen LogP contribution in [0.1, 0.15) is 22.0 Å². The molecule has 0 bridgehead atoms. The minimum atomic E-state index is -0.247. The van der Waals surface area contributed by atoms with Crippen LogP contribution in [-0.4, -0.2) is 38.6 Å². The van der Waals surface area contributed by atoms with Gasteiger partial charge in [0.05, 0.1) is 28.8 Å². The van der Waals surface area contributed by atoms with E-state index in [2.05, 4.69) is 5.32 Å². The number of nitrogens with zero attached hydrogens (tertiary/aromatic N) is 1. The van der Waals surface area contributed by atoms with Crippen molar-refractivity contribution >= 4 is 29.1 Å². The summed E-state index contributed by atoms with van der Waals surface area (Å²) in [6.45, 7) is 0.445. The van der Waals surface area contributed by atoms with Crippen LogP contribution in [0.15, 0.2) is 42.5 Å². The molecule has 4 nitrogen and oxygen atoms in total. The Bertz CT molecular complexity index is 703. The molecule has 0 heterocycles. The lowest BCUT2D eigenvalue weighted by molar-refractivity contribution is 0.0942. The number of benzene rings is 2. The number of halogens is 2. The van der Waals surface area contributed by atoms with Gasteiger partial charge in [-0.2, -0.15) is 0 Å². The molecule has 1 N–H and O–H groups in total. The van der Waals surface area contributed by atoms with E-state index in [-0.39, 0.29) is 17.0 Å². The van der Waals surface area contributed by atoms with Crippen LogP contribution in [0.25, 0.3) is 0 Å². The molecule has 0 saturated carbocycles. The molecule has 2 aromatic rings. The Labute approximate surface area is 152 Å². The second-order valence-electron chi connectivity index (χ2n) is 5.56. The van der Waals surface area contributed by atoms with Crippen molar-refractivity contribution in [3.05, 3.63) is 63.6 Å². The third-order valence-electron chi connectivity index (χ3n) is 3.78. The molecule has 128 valence electrons. The quantitative estimate of drug-likeness (QED) is 0.838. The van der Waals surface area contributed by atoms with E-state index in [1.807, 2.05) is 43.3 Å². The number of rotatable bonds is 6. The molecule has 2 rings (SSSR count). The van der Waals surface area contributed by atoms with Gasteiger partial charge >= 0.3 is 0 Å². The van der Waals surface area contributed by atoms with Crippen LogP contribution >= 0.6 is 23.2 Å². The fourth-order valence-corrected chi connectivity index (χ4v) is 2.77. The van der Waals surface area contributed by atoms with Crippen LogP contribution < -0.4 is 10.1 Å². The molecule has 0 spiro atoms. The van der Waals surface area contributed by atoms with Gasteiger partial charge in [-0.3, -0.25) is 4.79 Å². The second-order valence-corrected chi connectivity index (χ2v) is 6.35. The van der Waals surface area contributed by atoms with Crippen LogP contribution in [0.5, 0.6) is 5.75 Å². The highest BCUT2D eigenvalue weighted by molar-refractivity contribution is 6.43. The monoisotopic (exact) mass is 366 g/mol. The van der Waals surface area contributed by atoms with Crippen molar-refractivity contribution in [3.63, 3.8) is 0 Å². The van der Waals surface area contributed by atoms with E-state index < -0.39 is 0 Å². The summed E-state index contributed by atoms with van der Waals surface area (Å²) in [7, 11) is 5.56. The molecule has 0 fully saturated rings. The van der Waals surface area contributed by atoms with Gasteiger partial charge in [0.15, 0.2) is 0 Å². The summed E-state index contributed by atoms with van der Waals surface area (Å²) in [5, 5.41) is 3.55. The van der Waals surface area contributed by atoms with Crippen molar-refractivity contribution in [1.82, 2.24) is 10.2 Å². The first kappa shape index (κ1) is 18.6. The smallest absolute Gasteiger partial charge is 0.252 e. The lowest BCUT2D eigenvalue weighted by atomic mass is 10.1. The van der Waals surface area contributed by atoms with Crippen molar-refractivity contribution in [2.45, 2.75) is 6.04 Å². The van der Waals surface area contributed by atoms with E-state index in [0.717, 1.165) is 11.3 Å². The molecule has 1 atom stereocenters. The molecular formula is C18H20Cl2N2O2. The minimum Gasteiger partial charge on any atom is -0.497 e. The van der Waals surface area contributed by atoms with Crippen molar-refractivity contribution in [1.29, 1.82) is 0 Å². The van der Waals surface area contributed by atoms with Crippen LogP contribution in [-0.2, 0) is 0 Å².